The van der Waals surface area contributed by atoms with Crippen LogP contribution < -0.4 is 0 Å². The molecule has 1 aromatic carbocycles. The number of rotatable bonds is 3. The standard InChI is InChI=1S/C18H26N2O5S/c1-14-12-20(18(2,3)13-25-14)17(21)15-5-4-6-16(11-15)26(22,23)19-7-9-24-10-8-19/h4-6,11,14H,7-10,12-13H2,1-3H3. The average Bonchev–Trinajstić information content (AvgIpc) is 2.64. The summed E-state index contributed by atoms with van der Waals surface area (Å²) in [7, 11) is -3.63. The summed E-state index contributed by atoms with van der Waals surface area (Å²) in [5, 5.41) is 0. The van der Waals surface area contributed by atoms with Crippen molar-refractivity contribution in [2.75, 3.05) is 39.5 Å². The number of sulfonamides is 1. The van der Waals surface area contributed by atoms with Crippen LogP contribution in [0.2, 0.25) is 0 Å². The third-order valence-electron chi connectivity index (χ3n) is 4.83. The van der Waals surface area contributed by atoms with E-state index in [4.69, 9.17) is 9.47 Å². The molecule has 3 rings (SSSR count). The molecular formula is C18H26N2O5S. The van der Waals surface area contributed by atoms with Crippen LogP contribution in [-0.2, 0) is 19.5 Å². The van der Waals surface area contributed by atoms with Crippen molar-refractivity contribution in [2.24, 2.45) is 0 Å². The molecule has 0 aliphatic carbocycles. The summed E-state index contributed by atoms with van der Waals surface area (Å²) < 4.78 is 38.0. The Labute approximate surface area is 154 Å². The Kier molecular flexibility index (Phi) is 5.39. The van der Waals surface area contributed by atoms with Crippen LogP contribution in [0.15, 0.2) is 29.2 Å². The third-order valence-corrected chi connectivity index (χ3v) is 6.72. The SMILES string of the molecule is CC1CN(C(=O)c2cccc(S(=O)(=O)N3CCOCC3)c2)C(C)(C)CO1. The first-order valence-electron chi connectivity index (χ1n) is 8.83. The zero-order valence-electron chi connectivity index (χ0n) is 15.5. The summed E-state index contributed by atoms with van der Waals surface area (Å²) in [6, 6.07) is 6.30. The van der Waals surface area contributed by atoms with Crippen LogP contribution in [0.25, 0.3) is 0 Å². The van der Waals surface area contributed by atoms with Gasteiger partial charge in [-0.15, -0.1) is 0 Å². The number of benzene rings is 1. The molecule has 0 saturated carbocycles. The predicted octanol–water partition coefficient (Wildman–Crippen LogP) is 1.35. The van der Waals surface area contributed by atoms with Crippen molar-refractivity contribution in [1.29, 1.82) is 0 Å². The number of carbonyl (C=O) groups excluding carboxylic acids is 1. The van der Waals surface area contributed by atoms with Gasteiger partial charge in [-0.1, -0.05) is 6.07 Å². The average molecular weight is 382 g/mol. The van der Waals surface area contributed by atoms with E-state index in [1.54, 1.807) is 17.0 Å². The lowest BCUT2D eigenvalue weighted by Crippen LogP contribution is -2.57. The lowest BCUT2D eigenvalue weighted by molar-refractivity contribution is -0.0756. The summed E-state index contributed by atoms with van der Waals surface area (Å²) in [6.45, 7) is 8.18. The van der Waals surface area contributed by atoms with E-state index in [-0.39, 0.29) is 16.9 Å². The Morgan fingerprint density at radius 3 is 2.62 bits per heavy atom. The van der Waals surface area contributed by atoms with Gasteiger partial charge in [0.1, 0.15) is 0 Å². The lowest BCUT2D eigenvalue weighted by Gasteiger charge is -2.44. The highest BCUT2D eigenvalue weighted by Crippen LogP contribution is 2.26. The Morgan fingerprint density at radius 2 is 1.92 bits per heavy atom. The van der Waals surface area contributed by atoms with Crippen molar-refractivity contribution < 1.29 is 22.7 Å². The van der Waals surface area contributed by atoms with Crippen LogP contribution in [0.3, 0.4) is 0 Å². The normalized spacial score (nSPS) is 24.4. The topological polar surface area (TPSA) is 76.2 Å². The van der Waals surface area contributed by atoms with Crippen molar-refractivity contribution in [3.8, 4) is 0 Å². The molecule has 7 nitrogen and oxygen atoms in total. The van der Waals surface area contributed by atoms with Crippen LogP contribution >= 0.6 is 0 Å². The number of hydrogen-bond acceptors (Lipinski definition) is 5. The van der Waals surface area contributed by atoms with Crippen molar-refractivity contribution >= 4 is 15.9 Å². The number of morpholine rings is 2. The molecule has 0 bridgehead atoms. The number of carbonyl (C=O) groups is 1. The van der Waals surface area contributed by atoms with E-state index in [2.05, 4.69) is 0 Å². The van der Waals surface area contributed by atoms with Crippen molar-refractivity contribution in [3.63, 3.8) is 0 Å². The van der Waals surface area contributed by atoms with E-state index in [0.29, 0.717) is 45.0 Å². The second-order valence-corrected chi connectivity index (χ2v) is 9.33. The van der Waals surface area contributed by atoms with Gasteiger partial charge in [-0.3, -0.25) is 4.79 Å². The molecule has 1 amide bonds. The number of amides is 1. The highest BCUT2D eigenvalue weighted by molar-refractivity contribution is 7.89. The quantitative estimate of drug-likeness (QED) is 0.789. The number of hydrogen-bond donors (Lipinski definition) is 0. The second kappa shape index (κ2) is 7.26. The van der Waals surface area contributed by atoms with Gasteiger partial charge in [-0.05, 0) is 39.0 Å². The van der Waals surface area contributed by atoms with Crippen LogP contribution in [0.5, 0.6) is 0 Å². The molecular weight excluding hydrogens is 356 g/mol. The van der Waals surface area contributed by atoms with Crippen LogP contribution in [0.1, 0.15) is 31.1 Å². The Balaban J connectivity index is 1.88. The summed E-state index contributed by atoms with van der Waals surface area (Å²) in [5.41, 5.74) is -0.0654. The third kappa shape index (κ3) is 3.78. The van der Waals surface area contributed by atoms with Crippen LogP contribution in [-0.4, -0.2) is 74.6 Å². The molecule has 144 valence electrons. The molecule has 8 heteroatoms. The molecule has 1 aromatic rings. The minimum Gasteiger partial charge on any atom is -0.379 e. The first kappa shape index (κ1) is 19.3. The molecule has 2 aliphatic heterocycles. The molecule has 2 saturated heterocycles. The molecule has 0 radical (unpaired) electrons. The molecule has 0 N–H and O–H groups in total. The largest absolute Gasteiger partial charge is 0.379 e. The Morgan fingerprint density at radius 1 is 1.23 bits per heavy atom. The van der Waals surface area contributed by atoms with E-state index in [1.807, 2.05) is 20.8 Å². The maximum Gasteiger partial charge on any atom is 0.254 e. The van der Waals surface area contributed by atoms with E-state index >= 15 is 0 Å². The summed E-state index contributed by atoms with van der Waals surface area (Å²) in [4.78, 5) is 15.0. The summed E-state index contributed by atoms with van der Waals surface area (Å²) in [6.07, 6.45) is -0.0489. The van der Waals surface area contributed by atoms with Crippen molar-refractivity contribution in [1.82, 2.24) is 9.21 Å². The summed E-state index contributed by atoms with van der Waals surface area (Å²) in [5.74, 6) is -0.177. The van der Waals surface area contributed by atoms with Crippen molar-refractivity contribution in [3.05, 3.63) is 29.8 Å². The van der Waals surface area contributed by atoms with Gasteiger partial charge in [-0.25, -0.2) is 8.42 Å². The fraction of sp³-hybridized carbons (Fsp3) is 0.611. The highest BCUT2D eigenvalue weighted by Gasteiger charge is 2.37. The predicted molar refractivity (Wildman–Crippen MR) is 96.5 cm³/mol. The van der Waals surface area contributed by atoms with Gasteiger partial charge in [0.2, 0.25) is 10.0 Å². The van der Waals surface area contributed by atoms with Gasteiger partial charge < -0.3 is 14.4 Å². The van der Waals surface area contributed by atoms with Crippen molar-refractivity contribution in [2.45, 2.75) is 37.3 Å². The van der Waals surface area contributed by atoms with Gasteiger partial charge in [0, 0.05) is 25.2 Å². The van der Waals surface area contributed by atoms with E-state index in [0.717, 1.165) is 0 Å². The first-order valence-corrected chi connectivity index (χ1v) is 10.3. The summed E-state index contributed by atoms with van der Waals surface area (Å²) >= 11 is 0. The smallest absolute Gasteiger partial charge is 0.254 e. The van der Waals surface area contributed by atoms with Gasteiger partial charge >= 0.3 is 0 Å². The Hall–Kier alpha value is -1.48. The van der Waals surface area contributed by atoms with Gasteiger partial charge in [0.25, 0.3) is 5.91 Å². The first-order chi connectivity index (χ1) is 12.2. The van der Waals surface area contributed by atoms with E-state index in [1.165, 1.54) is 16.4 Å². The maximum absolute atomic E-state index is 13.1. The highest BCUT2D eigenvalue weighted by atomic mass is 32.2. The fourth-order valence-corrected chi connectivity index (χ4v) is 4.67. The van der Waals surface area contributed by atoms with Crippen LogP contribution in [0.4, 0.5) is 0 Å². The van der Waals surface area contributed by atoms with Gasteiger partial charge in [0.05, 0.1) is 36.4 Å². The molecule has 26 heavy (non-hydrogen) atoms. The number of ether oxygens (including phenoxy) is 2. The molecule has 1 atom stereocenters. The lowest BCUT2D eigenvalue weighted by atomic mass is 9.99. The molecule has 2 fully saturated rings. The second-order valence-electron chi connectivity index (χ2n) is 7.39. The number of nitrogens with zero attached hydrogens (tertiary/aromatic N) is 2. The van der Waals surface area contributed by atoms with E-state index in [9.17, 15) is 13.2 Å². The minimum atomic E-state index is -3.63. The zero-order chi connectivity index (χ0) is 18.9. The Bertz CT molecular complexity index is 772. The molecule has 2 aliphatic rings. The molecule has 0 aromatic heterocycles. The van der Waals surface area contributed by atoms with Gasteiger partial charge in [0.15, 0.2) is 0 Å². The molecule has 1 unspecified atom stereocenters. The van der Waals surface area contributed by atoms with E-state index < -0.39 is 15.6 Å². The fourth-order valence-electron chi connectivity index (χ4n) is 3.22. The minimum absolute atomic E-state index is 0.0489. The van der Waals surface area contributed by atoms with Crippen LogP contribution in [0, 0.1) is 0 Å². The monoisotopic (exact) mass is 382 g/mol. The van der Waals surface area contributed by atoms with Gasteiger partial charge in [-0.2, -0.15) is 4.31 Å². The molecule has 0 spiro atoms. The maximum atomic E-state index is 13.1. The molecule has 2 heterocycles. The zero-order valence-corrected chi connectivity index (χ0v) is 16.3.